The molecule has 2 heterocycles. The van der Waals surface area contributed by atoms with Crippen molar-refractivity contribution in [1.82, 2.24) is 31.5 Å². The number of hydrogen-bond donors (Lipinski definition) is 6. The van der Waals surface area contributed by atoms with Gasteiger partial charge < -0.3 is 36.6 Å². The number of hydrogen-bond acceptors (Lipinski definition) is 7. The minimum absolute atomic E-state index is 0.0566. The highest BCUT2D eigenvalue weighted by atomic mass is 16.3. The predicted octanol–water partition coefficient (Wildman–Crippen LogP) is 1.21. The van der Waals surface area contributed by atoms with E-state index in [4.69, 9.17) is 0 Å². The summed E-state index contributed by atoms with van der Waals surface area (Å²) < 4.78 is 0. The standard InChI is InChI=1S/C32H58N6O6/c1-9-21(6)26(36-27(40)23-12-10-14-33-23)30(43)35-24(17-20(4)5)28(41)37-32(7,8)31(44)38-15-11-13-25(38)29(42)34-22(18-39)16-19(2)3/h19-26,33,39H,9-18H2,1-8H3,(H,34,42)(H,35,43)(H,36,40)(H,37,41)/t21-,22-,23-,24-,25-,26-/m0/s1. The Morgan fingerprint density at radius 2 is 1.55 bits per heavy atom. The van der Waals surface area contributed by atoms with Crippen molar-refractivity contribution in [3.63, 3.8) is 0 Å². The third-order valence-electron chi connectivity index (χ3n) is 8.62. The molecule has 0 aromatic rings. The number of nitrogens with zero attached hydrogens (tertiary/aromatic N) is 1. The van der Waals surface area contributed by atoms with Gasteiger partial charge in [-0.25, -0.2) is 0 Å². The van der Waals surface area contributed by atoms with Crippen LogP contribution in [0.2, 0.25) is 0 Å². The summed E-state index contributed by atoms with van der Waals surface area (Å²) in [5.74, 6) is -1.70. The van der Waals surface area contributed by atoms with E-state index in [9.17, 15) is 29.1 Å². The van der Waals surface area contributed by atoms with E-state index in [1.807, 2.05) is 41.5 Å². The highest BCUT2D eigenvalue weighted by Gasteiger charge is 2.43. The summed E-state index contributed by atoms with van der Waals surface area (Å²) >= 11 is 0. The average Bonchev–Trinajstić information content (AvgIpc) is 3.66. The van der Waals surface area contributed by atoms with Gasteiger partial charge in [0.25, 0.3) is 0 Å². The van der Waals surface area contributed by atoms with Crippen LogP contribution in [0.15, 0.2) is 0 Å². The van der Waals surface area contributed by atoms with Gasteiger partial charge in [0.1, 0.15) is 23.7 Å². The third-order valence-corrected chi connectivity index (χ3v) is 8.62. The number of nitrogens with one attached hydrogen (secondary N) is 5. The lowest BCUT2D eigenvalue weighted by molar-refractivity contribution is -0.145. The molecule has 2 aliphatic rings. The highest BCUT2D eigenvalue weighted by Crippen LogP contribution is 2.23. The quantitative estimate of drug-likeness (QED) is 0.150. The second-order valence-electron chi connectivity index (χ2n) is 14.0. The number of carbonyl (C=O) groups is 5. The van der Waals surface area contributed by atoms with Crippen molar-refractivity contribution in [3.8, 4) is 0 Å². The molecule has 2 aliphatic heterocycles. The molecule has 44 heavy (non-hydrogen) atoms. The maximum atomic E-state index is 13.7. The van der Waals surface area contributed by atoms with E-state index >= 15 is 0 Å². The van der Waals surface area contributed by atoms with Crippen LogP contribution in [0.3, 0.4) is 0 Å². The van der Waals surface area contributed by atoms with E-state index in [-0.39, 0.29) is 42.2 Å². The molecule has 6 N–H and O–H groups in total. The van der Waals surface area contributed by atoms with E-state index in [0.717, 1.165) is 13.0 Å². The molecule has 12 heteroatoms. The van der Waals surface area contributed by atoms with Crippen molar-refractivity contribution < 1.29 is 29.1 Å². The van der Waals surface area contributed by atoms with Crippen LogP contribution in [0.1, 0.15) is 100 Å². The minimum Gasteiger partial charge on any atom is -0.394 e. The Hall–Kier alpha value is -2.73. The van der Waals surface area contributed by atoms with Crippen LogP contribution in [0.5, 0.6) is 0 Å². The van der Waals surface area contributed by atoms with Crippen LogP contribution < -0.4 is 26.6 Å². The summed E-state index contributed by atoms with van der Waals surface area (Å²) in [6, 6.07) is -3.17. The smallest absolute Gasteiger partial charge is 0.248 e. The summed E-state index contributed by atoms with van der Waals surface area (Å²) in [5, 5.41) is 24.3. The lowest BCUT2D eigenvalue weighted by atomic mass is 9.95. The normalized spacial score (nSPS) is 21.5. The Morgan fingerprint density at radius 3 is 2.09 bits per heavy atom. The van der Waals surface area contributed by atoms with Crippen LogP contribution in [-0.4, -0.2) is 95.0 Å². The fourth-order valence-electron chi connectivity index (χ4n) is 5.96. The molecule has 252 valence electrons. The molecule has 0 bridgehead atoms. The molecule has 0 aromatic carbocycles. The van der Waals surface area contributed by atoms with Crippen LogP contribution in [0.25, 0.3) is 0 Å². The Kier molecular flexibility index (Phi) is 14.6. The molecule has 0 unspecified atom stereocenters. The molecule has 6 atom stereocenters. The van der Waals surface area contributed by atoms with Gasteiger partial charge in [-0.15, -0.1) is 0 Å². The predicted molar refractivity (Wildman–Crippen MR) is 169 cm³/mol. The summed E-state index contributed by atoms with van der Waals surface area (Å²) in [5.41, 5.74) is -1.35. The average molecular weight is 623 g/mol. The first kappa shape index (κ1) is 37.5. The fourth-order valence-corrected chi connectivity index (χ4v) is 5.96. The van der Waals surface area contributed by atoms with E-state index in [1.165, 1.54) is 4.90 Å². The van der Waals surface area contributed by atoms with Crippen LogP contribution >= 0.6 is 0 Å². The second-order valence-corrected chi connectivity index (χ2v) is 14.0. The molecule has 0 spiro atoms. The van der Waals surface area contributed by atoms with Gasteiger partial charge in [-0.3, -0.25) is 24.0 Å². The molecule has 0 aromatic heterocycles. The Bertz CT molecular complexity index is 996. The lowest BCUT2D eigenvalue weighted by Gasteiger charge is -2.35. The Morgan fingerprint density at radius 1 is 0.886 bits per heavy atom. The summed E-state index contributed by atoms with van der Waals surface area (Å²) in [6.07, 6.45) is 4.35. The number of carbonyl (C=O) groups excluding carboxylic acids is 5. The lowest BCUT2D eigenvalue weighted by Crippen LogP contribution is -2.63. The molecule has 0 aliphatic carbocycles. The minimum atomic E-state index is -1.35. The van der Waals surface area contributed by atoms with Crippen LogP contribution in [0.4, 0.5) is 0 Å². The second kappa shape index (κ2) is 17.1. The van der Waals surface area contributed by atoms with E-state index < -0.39 is 47.4 Å². The largest absolute Gasteiger partial charge is 0.394 e. The van der Waals surface area contributed by atoms with Gasteiger partial charge in [0.05, 0.1) is 18.7 Å². The number of amides is 5. The van der Waals surface area contributed by atoms with Gasteiger partial charge in [0.15, 0.2) is 0 Å². The summed E-state index contributed by atoms with van der Waals surface area (Å²) in [6.45, 7) is 15.9. The van der Waals surface area contributed by atoms with Gasteiger partial charge in [0.2, 0.25) is 29.5 Å². The number of aliphatic hydroxyl groups excluding tert-OH is 1. The highest BCUT2D eigenvalue weighted by molar-refractivity contribution is 5.97. The van der Waals surface area contributed by atoms with Crippen molar-refractivity contribution in [2.24, 2.45) is 17.8 Å². The topological polar surface area (TPSA) is 169 Å². The molecule has 2 rings (SSSR count). The molecular formula is C32H58N6O6. The van der Waals surface area contributed by atoms with E-state index in [1.54, 1.807) is 13.8 Å². The van der Waals surface area contributed by atoms with Crippen LogP contribution in [0, 0.1) is 17.8 Å². The zero-order valence-electron chi connectivity index (χ0n) is 28.1. The van der Waals surface area contributed by atoms with Crippen molar-refractivity contribution in [2.45, 2.75) is 136 Å². The van der Waals surface area contributed by atoms with E-state index in [0.29, 0.717) is 45.1 Å². The molecule has 2 saturated heterocycles. The van der Waals surface area contributed by atoms with E-state index in [2.05, 4.69) is 26.6 Å². The zero-order valence-corrected chi connectivity index (χ0v) is 28.1. The first-order valence-electron chi connectivity index (χ1n) is 16.5. The monoisotopic (exact) mass is 622 g/mol. The van der Waals surface area contributed by atoms with Gasteiger partial charge >= 0.3 is 0 Å². The van der Waals surface area contributed by atoms with Crippen molar-refractivity contribution >= 4 is 29.5 Å². The van der Waals surface area contributed by atoms with Crippen molar-refractivity contribution in [3.05, 3.63) is 0 Å². The molecule has 12 nitrogen and oxygen atoms in total. The first-order valence-corrected chi connectivity index (χ1v) is 16.5. The zero-order chi connectivity index (χ0) is 33.2. The third kappa shape index (κ3) is 10.7. The number of aliphatic hydroxyl groups is 1. The molecule has 2 fully saturated rings. The summed E-state index contributed by atoms with van der Waals surface area (Å²) in [7, 11) is 0. The number of rotatable bonds is 16. The maximum Gasteiger partial charge on any atom is 0.248 e. The van der Waals surface area contributed by atoms with Crippen LogP contribution in [-0.2, 0) is 24.0 Å². The van der Waals surface area contributed by atoms with Crippen molar-refractivity contribution in [1.29, 1.82) is 0 Å². The van der Waals surface area contributed by atoms with Crippen molar-refractivity contribution in [2.75, 3.05) is 19.7 Å². The molecular weight excluding hydrogens is 564 g/mol. The Labute approximate surface area is 263 Å². The first-order chi connectivity index (χ1) is 20.6. The SMILES string of the molecule is CC[C@H](C)[C@H](NC(=O)[C@@H]1CCCN1)C(=O)N[C@@H](CC(C)C)C(=O)NC(C)(C)C(=O)N1CCC[C@H]1C(=O)N[C@H](CO)CC(C)C. The molecule has 0 radical (unpaired) electrons. The molecule has 0 saturated carbocycles. The maximum absolute atomic E-state index is 13.7. The van der Waals surface area contributed by atoms with Gasteiger partial charge in [-0.05, 0) is 76.7 Å². The number of likely N-dealkylation sites (tertiary alicyclic amines) is 1. The van der Waals surface area contributed by atoms with Gasteiger partial charge in [0, 0.05) is 6.54 Å². The van der Waals surface area contributed by atoms with Gasteiger partial charge in [-0.1, -0.05) is 48.0 Å². The fraction of sp³-hybridized carbons (Fsp3) is 0.844. The Balaban J connectivity index is 2.14. The summed E-state index contributed by atoms with van der Waals surface area (Å²) in [4.78, 5) is 68.4. The molecule has 5 amide bonds. The van der Waals surface area contributed by atoms with Gasteiger partial charge in [-0.2, -0.15) is 0 Å².